The van der Waals surface area contributed by atoms with Crippen molar-refractivity contribution in [1.82, 2.24) is 20.2 Å². The summed E-state index contributed by atoms with van der Waals surface area (Å²) < 4.78 is 8.00. The van der Waals surface area contributed by atoms with Crippen LogP contribution in [-0.4, -0.2) is 42.8 Å². The summed E-state index contributed by atoms with van der Waals surface area (Å²) >= 11 is 6.22. The first-order chi connectivity index (χ1) is 20.4. The Morgan fingerprint density at radius 2 is 1.95 bits per heavy atom. The molecule has 2 aromatic carbocycles. The maximum absolute atomic E-state index is 13.2. The third-order valence-corrected chi connectivity index (χ3v) is 8.80. The van der Waals surface area contributed by atoms with Gasteiger partial charge in [0.15, 0.2) is 0 Å². The number of hydrogen-bond donors (Lipinski definition) is 3. The van der Waals surface area contributed by atoms with E-state index in [2.05, 4.69) is 15.2 Å². The van der Waals surface area contributed by atoms with E-state index in [1.54, 1.807) is 55.0 Å². The van der Waals surface area contributed by atoms with Crippen molar-refractivity contribution >= 4 is 63.2 Å². The molecule has 0 unspecified atom stereocenters. The van der Waals surface area contributed by atoms with Crippen molar-refractivity contribution in [2.24, 2.45) is 0 Å². The van der Waals surface area contributed by atoms with Crippen LogP contribution >= 0.6 is 24.0 Å². The van der Waals surface area contributed by atoms with Gasteiger partial charge in [-0.15, -0.1) is 0 Å². The van der Waals surface area contributed by atoms with Gasteiger partial charge in [0.25, 0.3) is 11.8 Å². The van der Waals surface area contributed by atoms with E-state index in [-0.39, 0.29) is 12.3 Å². The van der Waals surface area contributed by atoms with Crippen LogP contribution in [0.15, 0.2) is 70.4 Å². The minimum atomic E-state index is -1.13. The molecule has 0 spiro atoms. The fraction of sp³-hybridized carbons (Fsp3) is 0.258. The molecular formula is C31H28N4O5S2. The molecular weight excluding hydrogens is 572 g/mol. The van der Waals surface area contributed by atoms with E-state index >= 15 is 0 Å². The lowest BCUT2D eigenvalue weighted by Gasteiger charge is -2.25. The molecule has 1 aliphatic heterocycles. The highest BCUT2D eigenvalue weighted by atomic mass is 32.2. The number of furan rings is 1. The maximum Gasteiger partial charge on any atom is 0.326 e. The normalized spacial score (nSPS) is 17.5. The first kappa shape index (κ1) is 27.9. The number of carboxylic acid groups (broad SMARTS) is 1. The van der Waals surface area contributed by atoms with Gasteiger partial charge in [-0.3, -0.25) is 9.59 Å². The summed E-state index contributed by atoms with van der Waals surface area (Å²) in [7, 11) is 0. The Kier molecular flexibility index (Phi) is 7.94. The molecule has 2 aromatic heterocycles. The molecule has 3 N–H and O–H groups in total. The predicted octanol–water partition coefficient (Wildman–Crippen LogP) is 5.72. The third-order valence-electron chi connectivity index (χ3n) is 7.63. The molecule has 1 atom stereocenters. The molecule has 214 valence electrons. The second-order valence-corrected chi connectivity index (χ2v) is 12.2. The number of aromatic nitrogens is 2. The van der Waals surface area contributed by atoms with E-state index < -0.39 is 17.9 Å². The van der Waals surface area contributed by atoms with E-state index in [9.17, 15) is 19.5 Å². The van der Waals surface area contributed by atoms with Gasteiger partial charge in [0.05, 0.1) is 27.8 Å². The number of carboxylic acids is 1. The lowest BCUT2D eigenvalue weighted by molar-refractivity contribution is -0.139. The number of fused-ring (bicyclic) bond motifs is 1. The number of thiocarbonyl (C=S) groups is 1. The van der Waals surface area contributed by atoms with Crippen molar-refractivity contribution < 1.29 is 23.9 Å². The standard InChI is InChI=1S/C31H28N4O5S2/c36-28(33-24(30(38)39)14-18-6-8-19(9-7-18)15-26-29(37)34-31(41)42-26)20-10-11-25-23(16-20)32-27(21-12-13-40-17-21)35(25)22-4-2-1-3-5-22/h6-13,15-17,22,24H,1-5,14H2,(H,33,36)(H,38,39)(H,34,37,41)/b26-15-/t24-/m0/s1. The Morgan fingerprint density at radius 1 is 1.17 bits per heavy atom. The minimum Gasteiger partial charge on any atom is -0.480 e. The Bertz CT molecular complexity index is 1700. The SMILES string of the molecule is O=C1NC(=S)S/C1=C\c1ccc(C[C@H](NC(=O)c2ccc3c(c2)nc(-c2ccoc2)n3C2CCCCC2)C(=O)O)cc1. The molecule has 6 rings (SSSR count). The molecule has 42 heavy (non-hydrogen) atoms. The average molecular weight is 601 g/mol. The Morgan fingerprint density at radius 3 is 2.62 bits per heavy atom. The second kappa shape index (κ2) is 11.9. The summed E-state index contributed by atoms with van der Waals surface area (Å²) in [6, 6.07) is 13.6. The fourth-order valence-electron chi connectivity index (χ4n) is 5.54. The first-order valence-corrected chi connectivity index (χ1v) is 15.0. The number of benzene rings is 2. The molecule has 3 heterocycles. The zero-order valence-electron chi connectivity index (χ0n) is 22.5. The molecule has 1 saturated carbocycles. The number of nitrogens with one attached hydrogen (secondary N) is 2. The third kappa shape index (κ3) is 5.88. The molecule has 1 aliphatic carbocycles. The number of carbonyl (C=O) groups excluding carboxylic acids is 2. The van der Waals surface area contributed by atoms with Crippen LogP contribution < -0.4 is 10.6 Å². The summed E-state index contributed by atoms with van der Waals surface area (Å²) in [6.45, 7) is 0. The molecule has 2 aliphatic rings. The highest BCUT2D eigenvalue weighted by Gasteiger charge is 2.26. The molecule has 2 fully saturated rings. The van der Waals surface area contributed by atoms with E-state index in [4.69, 9.17) is 21.6 Å². The minimum absolute atomic E-state index is 0.0977. The number of thioether (sulfide) groups is 1. The summed E-state index contributed by atoms with van der Waals surface area (Å²) in [5.74, 6) is -1.05. The molecule has 11 heteroatoms. The van der Waals surface area contributed by atoms with Gasteiger partial charge in [-0.1, -0.05) is 67.5 Å². The van der Waals surface area contributed by atoms with E-state index in [1.807, 2.05) is 12.1 Å². The van der Waals surface area contributed by atoms with Gasteiger partial charge in [0.2, 0.25) is 0 Å². The number of rotatable bonds is 8. The zero-order valence-corrected chi connectivity index (χ0v) is 24.2. The highest BCUT2D eigenvalue weighted by molar-refractivity contribution is 8.26. The largest absolute Gasteiger partial charge is 0.480 e. The summed E-state index contributed by atoms with van der Waals surface area (Å²) in [6.07, 6.45) is 10.8. The summed E-state index contributed by atoms with van der Waals surface area (Å²) in [5, 5.41) is 15.1. The fourth-order valence-corrected chi connectivity index (χ4v) is 6.59. The smallest absolute Gasteiger partial charge is 0.326 e. The van der Waals surface area contributed by atoms with Crippen LogP contribution in [0.3, 0.4) is 0 Å². The van der Waals surface area contributed by atoms with Crippen LogP contribution in [0, 0.1) is 0 Å². The van der Waals surface area contributed by atoms with Crippen molar-refractivity contribution in [3.63, 3.8) is 0 Å². The van der Waals surface area contributed by atoms with Gasteiger partial charge in [-0.05, 0) is 54.3 Å². The van der Waals surface area contributed by atoms with E-state index in [1.165, 1.54) is 18.2 Å². The number of nitrogens with zero attached hydrogens (tertiary/aromatic N) is 2. The van der Waals surface area contributed by atoms with Crippen molar-refractivity contribution in [2.75, 3.05) is 0 Å². The van der Waals surface area contributed by atoms with Crippen molar-refractivity contribution in [2.45, 2.75) is 50.6 Å². The Labute approximate surface area is 251 Å². The highest BCUT2D eigenvalue weighted by Crippen LogP contribution is 2.36. The van der Waals surface area contributed by atoms with E-state index in [0.717, 1.165) is 53.7 Å². The monoisotopic (exact) mass is 600 g/mol. The zero-order chi connectivity index (χ0) is 29.2. The van der Waals surface area contributed by atoms with Crippen LogP contribution in [0.2, 0.25) is 0 Å². The number of imidazole rings is 1. The van der Waals surface area contributed by atoms with Crippen molar-refractivity contribution in [3.05, 3.63) is 82.7 Å². The van der Waals surface area contributed by atoms with Crippen LogP contribution in [0.25, 0.3) is 28.5 Å². The van der Waals surface area contributed by atoms with Crippen LogP contribution in [-0.2, 0) is 16.0 Å². The van der Waals surface area contributed by atoms with Gasteiger partial charge in [0, 0.05) is 18.0 Å². The van der Waals surface area contributed by atoms with Gasteiger partial charge in [0.1, 0.15) is 22.4 Å². The molecule has 1 saturated heterocycles. The summed E-state index contributed by atoms with van der Waals surface area (Å²) in [5.41, 5.74) is 4.35. The molecule has 4 aromatic rings. The number of amides is 2. The topological polar surface area (TPSA) is 126 Å². The van der Waals surface area contributed by atoms with Crippen LogP contribution in [0.1, 0.15) is 59.6 Å². The predicted molar refractivity (Wildman–Crippen MR) is 165 cm³/mol. The Balaban J connectivity index is 1.20. The molecule has 9 nitrogen and oxygen atoms in total. The van der Waals surface area contributed by atoms with Crippen molar-refractivity contribution in [1.29, 1.82) is 0 Å². The van der Waals surface area contributed by atoms with Crippen LogP contribution in [0.4, 0.5) is 0 Å². The van der Waals surface area contributed by atoms with Gasteiger partial charge in [-0.2, -0.15) is 0 Å². The van der Waals surface area contributed by atoms with Gasteiger partial charge < -0.3 is 24.7 Å². The molecule has 0 radical (unpaired) electrons. The van der Waals surface area contributed by atoms with Gasteiger partial charge >= 0.3 is 5.97 Å². The lowest BCUT2D eigenvalue weighted by Crippen LogP contribution is -2.42. The summed E-state index contributed by atoms with van der Waals surface area (Å²) in [4.78, 5) is 42.6. The van der Waals surface area contributed by atoms with Gasteiger partial charge in [-0.25, -0.2) is 9.78 Å². The maximum atomic E-state index is 13.2. The molecule has 2 amide bonds. The second-order valence-electron chi connectivity index (χ2n) is 10.5. The number of aliphatic carboxylic acids is 1. The Hall–Kier alpha value is -4.22. The first-order valence-electron chi connectivity index (χ1n) is 13.8. The number of hydrogen-bond acceptors (Lipinski definition) is 7. The number of carbonyl (C=O) groups is 3. The average Bonchev–Trinajstić information content (AvgIpc) is 3.72. The van der Waals surface area contributed by atoms with Crippen molar-refractivity contribution in [3.8, 4) is 11.4 Å². The lowest BCUT2D eigenvalue weighted by atomic mass is 9.95. The molecule has 0 bridgehead atoms. The van der Waals surface area contributed by atoms with Crippen LogP contribution in [0.5, 0.6) is 0 Å². The quantitative estimate of drug-likeness (QED) is 0.173. The van der Waals surface area contributed by atoms with E-state index in [0.29, 0.717) is 26.3 Å².